The van der Waals surface area contributed by atoms with Gasteiger partial charge in [-0.15, -0.1) is 0 Å². The van der Waals surface area contributed by atoms with E-state index >= 15 is 0 Å². The zero-order valence-electron chi connectivity index (χ0n) is 23.0. The zero-order chi connectivity index (χ0) is 25.0. The van der Waals surface area contributed by atoms with Crippen molar-refractivity contribution in [1.29, 1.82) is 0 Å². The van der Waals surface area contributed by atoms with Crippen molar-refractivity contribution >= 4 is 17.4 Å². The Morgan fingerprint density at radius 3 is 0.879 bits per heavy atom. The Kier molecular flexibility index (Phi) is 6.18. The number of rotatable bonds is 2. The van der Waals surface area contributed by atoms with Crippen LogP contribution in [0.25, 0.3) is 0 Å². The molecule has 2 aromatic rings. The van der Waals surface area contributed by atoms with E-state index in [9.17, 15) is 0 Å². The second kappa shape index (κ2) is 8.10. The highest BCUT2D eigenvalue weighted by Crippen LogP contribution is 2.35. The lowest BCUT2D eigenvalue weighted by atomic mass is 9.80. The molecule has 0 radical (unpaired) electrons. The first-order valence-corrected chi connectivity index (χ1v) is 12.2. The largest absolute Gasteiger partial charge is 0.501 e. The minimum absolute atomic E-state index is 0.0851. The molecule has 0 bridgehead atoms. The van der Waals surface area contributed by atoms with E-state index in [2.05, 4.69) is 147 Å². The van der Waals surface area contributed by atoms with Gasteiger partial charge in [-0.25, -0.2) is 0 Å². The van der Waals surface area contributed by atoms with Gasteiger partial charge >= 0.3 is 6.01 Å². The molecule has 2 aromatic carbocycles. The fraction of sp³-hybridized carbons (Fsp3) is 0.516. The van der Waals surface area contributed by atoms with Gasteiger partial charge in [0, 0.05) is 24.3 Å². The molecule has 2 nitrogen and oxygen atoms in total. The van der Waals surface area contributed by atoms with Crippen molar-refractivity contribution in [3.05, 3.63) is 71.1 Å². The maximum atomic E-state index is 3.59. The lowest BCUT2D eigenvalue weighted by molar-refractivity contribution is -0.387. The first-order chi connectivity index (χ1) is 14.9. The topological polar surface area (TPSA) is 6.02 Å². The van der Waals surface area contributed by atoms with E-state index in [1.165, 1.54) is 22.3 Å². The summed E-state index contributed by atoms with van der Waals surface area (Å²) >= 11 is 0. The second-order valence-corrected chi connectivity index (χ2v) is 13.7. The molecule has 0 saturated heterocycles. The second-order valence-electron chi connectivity index (χ2n) is 13.7. The summed E-state index contributed by atoms with van der Waals surface area (Å²) in [5.41, 5.74) is 8.06. The summed E-state index contributed by atoms with van der Waals surface area (Å²) in [6, 6.07) is 17.6. The van der Waals surface area contributed by atoms with Gasteiger partial charge in [0.25, 0.3) is 12.4 Å². The van der Waals surface area contributed by atoms with Crippen LogP contribution in [0.15, 0.2) is 48.8 Å². The van der Waals surface area contributed by atoms with Crippen molar-refractivity contribution in [2.45, 2.75) is 105 Å². The molecule has 3 rings (SSSR count). The van der Waals surface area contributed by atoms with Crippen molar-refractivity contribution in [2.75, 3.05) is 0 Å². The van der Waals surface area contributed by atoms with Gasteiger partial charge in [-0.1, -0.05) is 104 Å². The van der Waals surface area contributed by atoms with Crippen molar-refractivity contribution in [3.63, 3.8) is 0 Å². The van der Waals surface area contributed by atoms with E-state index in [-0.39, 0.29) is 21.7 Å². The molecule has 1 aliphatic rings. The monoisotopic (exact) mass is 444 g/mol. The van der Waals surface area contributed by atoms with Crippen LogP contribution >= 0.6 is 0 Å². The van der Waals surface area contributed by atoms with Gasteiger partial charge in [0.2, 0.25) is 11.4 Å². The summed E-state index contributed by atoms with van der Waals surface area (Å²) in [5, 5.41) is 0. The molecule has 0 aromatic heterocycles. The smallest absolute Gasteiger partial charge is 0.0561 e. The molecule has 2 heteroatoms. The molecule has 176 valence electrons. The zero-order valence-corrected chi connectivity index (χ0v) is 23.0. The van der Waals surface area contributed by atoms with E-state index < -0.39 is 0 Å². The van der Waals surface area contributed by atoms with Gasteiger partial charge in [0.1, 0.15) is 0 Å². The van der Waals surface area contributed by atoms with Crippen LogP contribution in [0.2, 0.25) is 0 Å². The fourth-order valence-corrected chi connectivity index (χ4v) is 3.84. The van der Waals surface area contributed by atoms with Crippen LogP contribution in [0.4, 0.5) is 11.4 Å². The summed E-state index contributed by atoms with van der Waals surface area (Å²) in [6.07, 6.45) is 4.24. The van der Waals surface area contributed by atoms with Gasteiger partial charge < -0.3 is 0 Å². The van der Waals surface area contributed by atoms with Gasteiger partial charge in [-0.05, 0) is 43.9 Å². The standard InChI is InChI=1S/C31H44N2/c1-28(2,3)22-15-23(29(4,5)6)18-26(17-22)32-13-14-33(21-32)27-19-24(30(7,8)9)16-25(20-27)31(10,11)12/h13-20H,1-12H3/q+2. The minimum Gasteiger partial charge on any atom is -0.0561 e. The maximum Gasteiger partial charge on any atom is 0.501 e. The number of hydrogen-bond donors (Lipinski definition) is 0. The Bertz CT molecular complexity index is 1000. The van der Waals surface area contributed by atoms with E-state index in [1.807, 2.05) is 0 Å². The predicted molar refractivity (Wildman–Crippen MR) is 142 cm³/mol. The molecule has 0 saturated carbocycles. The molecule has 0 spiro atoms. The van der Waals surface area contributed by atoms with Crippen LogP contribution in [0.1, 0.15) is 105 Å². The SMILES string of the molecule is CC(C)(C)c1cc([N+]2=C=[N+](c3cc(C(C)(C)C)cc(C(C)(C)C)c3)C=C2)cc(C(C)(C)C)c1. The van der Waals surface area contributed by atoms with Crippen molar-refractivity contribution in [3.8, 4) is 0 Å². The number of benzene rings is 2. The first-order valence-electron chi connectivity index (χ1n) is 12.2. The predicted octanol–water partition coefficient (Wildman–Crippen LogP) is 8.52. The highest BCUT2D eigenvalue weighted by molar-refractivity contribution is 5.51. The van der Waals surface area contributed by atoms with Crippen molar-refractivity contribution < 1.29 is 9.15 Å². The average molecular weight is 445 g/mol. The Morgan fingerprint density at radius 2 is 0.667 bits per heavy atom. The molecule has 0 atom stereocenters. The molecule has 33 heavy (non-hydrogen) atoms. The van der Waals surface area contributed by atoms with Crippen LogP contribution in [0, 0.1) is 0 Å². The van der Waals surface area contributed by atoms with Gasteiger partial charge in [-0.3, -0.25) is 0 Å². The molecule has 0 aliphatic carbocycles. The first kappa shape index (κ1) is 25.2. The lowest BCUT2D eigenvalue weighted by Crippen LogP contribution is -2.17. The fourth-order valence-electron chi connectivity index (χ4n) is 3.84. The van der Waals surface area contributed by atoms with E-state index in [0.29, 0.717) is 0 Å². The van der Waals surface area contributed by atoms with Gasteiger partial charge in [0.15, 0.2) is 0 Å². The quantitative estimate of drug-likeness (QED) is 0.409. The summed E-state index contributed by atoms with van der Waals surface area (Å²) in [7, 11) is 0. The Balaban J connectivity index is 2.21. The molecule has 0 fully saturated rings. The van der Waals surface area contributed by atoms with E-state index in [1.54, 1.807) is 0 Å². The molecule has 0 unspecified atom stereocenters. The number of hydrogen-bond acceptors (Lipinski definition) is 0. The number of nitrogens with zero attached hydrogens (tertiary/aromatic N) is 2. The summed E-state index contributed by atoms with van der Waals surface area (Å²) in [5.74, 6) is 0. The average Bonchev–Trinajstić information content (AvgIpc) is 3.15. The highest BCUT2D eigenvalue weighted by atomic mass is 15.1. The van der Waals surface area contributed by atoms with Crippen molar-refractivity contribution in [2.24, 2.45) is 0 Å². The van der Waals surface area contributed by atoms with Crippen molar-refractivity contribution in [1.82, 2.24) is 0 Å². The third-order valence-corrected chi connectivity index (χ3v) is 6.44. The van der Waals surface area contributed by atoms with Crippen LogP contribution < -0.4 is 0 Å². The normalized spacial score (nSPS) is 15.0. The van der Waals surface area contributed by atoms with Crippen LogP contribution in [-0.4, -0.2) is 15.2 Å². The molecule has 0 amide bonds. The van der Waals surface area contributed by atoms with Gasteiger partial charge in [0.05, 0.1) is 0 Å². The Morgan fingerprint density at radius 1 is 0.424 bits per heavy atom. The maximum absolute atomic E-state index is 3.59. The van der Waals surface area contributed by atoms with E-state index in [0.717, 1.165) is 11.4 Å². The third kappa shape index (κ3) is 5.74. The third-order valence-electron chi connectivity index (χ3n) is 6.44. The van der Waals surface area contributed by atoms with E-state index in [4.69, 9.17) is 0 Å². The molecule has 1 heterocycles. The Labute approximate surface area is 202 Å². The molecular formula is C31H44N2+2. The van der Waals surface area contributed by atoms with Gasteiger partial charge in [-0.2, -0.15) is 0 Å². The summed E-state index contributed by atoms with van der Waals surface area (Å²) in [4.78, 5) is 0. The minimum atomic E-state index is 0.0851. The summed E-state index contributed by atoms with van der Waals surface area (Å²) in [6.45, 7) is 27.4. The molecular weight excluding hydrogens is 400 g/mol. The van der Waals surface area contributed by atoms with Crippen LogP contribution in [-0.2, 0) is 21.7 Å². The summed E-state index contributed by atoms with van der Waals surface area (Å²) < 4.78 is 4.26. The van der Waals surface area contributed by atoms with Crippen LogP contribution in [0.3, 0.4) is 0 Å². The Hall–Kier alpha value is -2.44. The van der Waals surface area contributed by atoms with Crippen LogP contribution in [0.5, 0.6) is 0 Å². The lowest BCUT2D eigenvalue weighted by Gasteiger charge is -2.24. The molecule has 1 aliphatic heterocycles. The molecule has 0 N–H and O–H groups in total. The highest BCUT2D eigenvalue weighted by Gasteiger charge is 2.29.